The van der Waals surface area contributed by atoms with Crippen molar-refractivity contribution in [3.63, 3.8) is 0 Å². The Labute approximate surface area is 187 Å². The molecule has 31 heavy (non-hydrogen) atoms. The van der Waals surface area contributed by atoms with Gasteiger partial charge in [0.25, 0.3) is 0 Å². The third kappa shape index (κ3) is 5.01. The van der Waals surface area contributed by atoms with Crippen molar-refractivity contribution in [2.75, 3.05) is 11.9 Å². The molecule has 2 N–H and O–H groups in total. The van der Waals surface area contributed by atoms with Gasteiger partial charge in [0.2, 0.25) is 5.13 Å². The van der Waals surface area contributed by atoms with Crippen molar-refractivity contribution in [3.05, 3.63) is 53.9 Å². The van der Waals surface area contributed by atoms with E-state index in [0.29, 0.717) is 34.7 Å². The molecule has 4 aromatic rings. The van der Waals surface area contributed by atoms with Gasteiger partial charge in [-0.05, 0) is 26.0 Å². The Morgan fingerprint density at radius 1 is 1.26 bits per heavy atom. The first-order valence-electron chi connectivity index (χ1n) is 9.51. The fourth-order valence-electron chi connectivity index (χ4n) is 2.80. The van der Waals surface area contributed by atoms with E-state index in [0.717, 1.165) is 21.3 Å². The average Bonchev–Trinajstić information content (AvgIpc) is 3.30. The molecule has 160 valence electrons. The summed E-state index contributed by atoms with van der Waals surface area (Å²) in [7, 11) is 1.88. The van der Waals surface area contributed by atoms with Crippen LogP contribution in [0, 0.1) is 13.8 Å². The van der Waals surface area contributed by atoms with Gasteiger partial charge in [-0.2, -0.15) is 9.47 Å². The predicted molar refractivity (Wildman–Crippen MR) is 119 cm³/mol. The molecule has 0 aromatic carbocycles. The summed E-state index contributed by atoms with van der Waals surface area (Å²) >= 11 is 2.70. The van der Waals surface area contributed by atoms with E-state index in [4.69, 9.17) is 9.84 Å². The third-order valence-electron chi connectivity index (χ3n) is 4.37. The Morgan fingerprint density at radius 2 is 2.13 bits per heavy atom. The Kier molecular flexibility index (Phi) is 6.44. The molecule has 0 radical (unpaired) electrons. The van der Waals surface area contributed by atoms with Crippen LogP contribution in [0.15, 0.2) is 46.6 Å². The van der Waals surface area contributed by atoms with Crippen molar-refractivity contribution in [1.29, 1.82) is 0 Å². The Bertz CT molecular complexity index is 1180. The molecule has 0 fully saturated rings. The summed E-state index contributed by atoms with van der Waals surface area (Å²) in [6.07, 6.45) is 3.92. The minimum absolute atomic E-state index is 0.00177. The molecule has 0 aliphatic rings. The van der Waals surface area contributed by atoms with Gasteiger partial charge >= 0.3 is 0 Å². The van der Waals surface area contributed by atoms with Crippen LogP contribution < -0.4 is 10.1 Å². The molecule has 0 atom stereocenters. The lowest BCUT2D eigenvalue weighted by Gasteiger charge is -2.12. The van der Waals surface area contributed by atoms with Crippen molar-refractivity contribution >= 4 is 34.2 Å². The maximum atomic E-state index is 9.09. The van der Waals surface area contributed by atoms with Gasteiger partial charge in [-0.3, -0.25) is 4.68 Å². The number of aryl methyl sites for hydroxylation is 2. The quantitative estimate of drug-likeness (QED) is 0.408. The molecule has 4 rings (SSSR count). The fraction of sp³-hybridized carbons (Fsp3) is 0.250. The molecule has 4 heterocycles. The minimum atomic E-state index is 0.00177. The molecule has 0 saturated carbocycles. The molecule has 11 heteroatoms. The average molecular weight is 456 g/mol. The van der Waals surface area contributed by atoms with Crippen LogP contribution in [0.4, 0.5) is 10.9 Å². The van der Waals surface area contributed by atoms with E-state index in [-0.39, 0.29) is 6.61 Å². The van der Waals surface area contributed by atoms with E-state index in [1.165, 1.54) is 23.3 Å². The number of anilines is 2. The van der Waals surface area contributed by atoms with Crippen LogP contribution in [0.25, 0.3) is 0 Å². The molecule has 0 unspecified atom stereocenters. The normalized spacial score (nSPS) is 11.0. The van der Waals surface area contributed by atoms with Crippen LogP contribution in [0.3, 0.4) is 0 Å². The molecule has 0 aliphatic carbocycles. The largest absolute Gasteiger partial charge is 0.450 e. The fourth-order valence-corrected chi connectivity index (χ4v) is 4.19. The van der Waals surface area contributed by atoms with Gasteiger partial charge in [0.1, 0.15) is 16.5 Å². The van der Waals surface area contributed by atoms with Gasteiger partial charge in [-0.25, -0.2) is 15.0 Å². The zero-order valence-corrected chi connectivity index (χ0v) is 18.9. The number of pyridine rings is 2. The SMILES string of the molecule is Cc1nn(C)c(C)c1Oc1cc(Sc2ccccn2)cnc1Nc1nc(CCO)ns1. The van der Waals surface area contributed by atoms with Crippen molar-refractivity contribution in [2.24, 2.45) is 7.05 Å². The zero-order valence-electron chi connectivity index (χ0n) is 17.2. The number of nitrogens with one attached hydrogen (secondary N) is 1. The second-order valence-electron chi connectivity index (χ2n) is 6.63. The highest BCUT2D eigenvalue weighted by atomic mass is 32.2. The molecule has 0 amide bonds. The summed E-state index contributed by atoms with van der Waals surface area (Å²) < 4.78 is 12.3. The Hall–Kier alpha value is -3.02. The Balaban J connectivity index is 1.66. The summed E-state index contributed by atoms with van der Waals surface area (Å²) in [4.78, 5) is 14.2. The smallest absolute Gasteiger partial charge is 0.208 e. The van der Waals surface area contributed by atoms with E-state index in [2.05, 4.69) is 29.7 Å². The maximum absolute atomic E-state index is 9.09. The molecular weight excluding hydrogens is 434 g/mol. The number of hydrogen-bond acceptors (Lipinski definition) is 10. The maximum Gasteiger partial charge on any atom is 0.208 e. The van der Waals surface area contributed by atoms with Crippen LogP contribution in [-0.2, 0) is 13.5 Å². The molecule has 9 nitrogen and oxygen atoms in total. The standard InChI is InChI=1S/C20H21N7O2S2/c1-12-18(13(2)27(3)25-12)29-15-10-14(30-17-6-4-5-8-21-17)11-22-19(15)24-20-23-16(7-9-28)26-31-20/h4-6,8,10-11,28H,7,9H2,1-3H3,(H,22,23,24,26). The van der Waals surface area contributed by atoms with Gasteiger partial charge in [-0.15, -0.1) is 0 Å². The van der Waals surface area contributed by atoms with Crippen molar-refractivity contribution < 1.29 is 9.84 Å². The van der Waals surface area contributed by atoms with Crippen molar-refractivity contribution in [1.82, 2.24) is 29.1 Å². The summed E-state index contributed by atoms with van der Waals surface area (Å²) in [6, 6.07) is 7.68. The summed E-state index contributed by atoms with van der Waals surface area (Å²) in [5, 5.41) is 18.1. The van der Waals surface area contributed by atoms with Crippen LogP contribution in [0.2, 0.25) is 0 Å². The summed E-state index contributed by atoms with van der Waals surface area (Å²) in [5.74, 6) is 2.32. The first kappa shape index (κ1) is 21.2. The summed E-state index contributed by atoms with van der Waals surface area (Å²) in [5.41, 5.74) is 1.70. The number of nitrogens with zero attached hydrogens (tertiary/aromatic N) is 6. The topological polar surface area (TPSA) is 111 Å². The van der Waals surface area contributed by atoms with Crippen LogP contribution in [-0.4, -0.2) is 40.8 Å². The van der Waals surface area contributed by atoms with Gasteiger partial charge in [0.05, 0.1) is 12.3 Å². The number of hydrogen-bond donors (Lipinski definition) is 2. The zero-order chi connectivity index (χ0) is 21.8. The second kappa shape index (κ2) is 9.41. The minimum Gasteiger partial charge on any atom is -0.450 e. The van der Waals surface area contributed by atoms with Gasteiger partial charge < -0.3 is 15.2 Å². The molecular formula is C20H21N7O2S2. The van der Waals surface area contributed by atoms with Crippen LogP contribution in [0.1, 0.15) is 17.2 Å². The van der Waals surface area contributed by atoms with E-state index in [1.807, 2.05) is 45.2 Å². The highest BCUT2D eigenvalue weighted by Gasteiger charge is 2.17. The van der Waals surface area contributed by atoms with E-state index in [1.54, 1.807) is 17.1 Å². The molecule has 0 saturated heterocycles. The lowest BCUT2D eigenvalue weighted by atomic mass is 10.3. The monoisotopic (exact) mass is 455 g/mol. The van der Waals surface area contributed by atoms with Gasteiger partial charge in [0, 0.05) is 48.4 Å². The van der Waals surface area contributed by atoms with Crippen molar-refractivity contribution in [3.8, 4) is 11.5 Å². The number of rotatable bonds is 8. The third-order valence-corrected chi connectivity index (χ3v) is 5.95. The van der Waals surface area contributed by atoms with E-state index >= 15 is 0 Å². The second-order valence-corrected chi connectivity index (χ2v) is 8.47. The number of aliphatic hydroxyl groups is 1. The summed E-state index contributed by atoms with van der Waals surface area (Å²) in [6.45, 7) is 3.86. The predicted octanol–water partition coefficient (Wildman–Crippen LogP) is 3.90. The van der Waals surface area contributed by atoms with Crippen molar-refractivity contribution in [2.45, 2.75) is 30.2 Å². The van der Waals surface area contributed by atoms with E-state index in [9.17, 15) is 0 Å². The number of aliphatic hydroxyl groups excluding tert-OH is 1. The lowest BCUT2D eigenvalue weighted by Crippen LogP contribution is -1.99. The highest BCUT2D eigenvalue weighted by Crippen LogP contribution is 2.37. The molecule has 0 bridgehead atoms. The highest BCUT2D eigenvalue weighted by molar-refractivity contribution is 7.99. The van der Waals surface area contributed by atoms with Gasteiger partial charge in [-0.1, -0.05) is 17.8 Å². The van der Waals surface area contributed by atoms with E-state index < -0.39 is 0 Å². The van der Waals surface area contributed by atoms with Crippen LogP contribution in [0.5, 0.6) is 11.5 Å². The number of ether oxygens (including phenoxy) is 1. The molecule has 0 aliphatic heterocycles. The van der Waals surface area contributed by atoms with Gasteiger partial charge in [0.15, 0.2) is 17.3 Å². The first-order chi connectivity index (χ1) is 15.0. The number of aromatic nitrogens is 6. The molecule has 0 spiro atoms. The first-order valence-corrected chi connectivity index (χ1v) is 11.1. The lowest BCUT2D eigenvalue weighted by molar-refractivity contribution is 0.297. The molecule has 4 aromatic heterocycles. The van der Waals surface area contributed by atoms with Crippen LogP contribution >= 0.6 is 23.3 Å². The Morgan fingerprint density at radius 3 is 2.84 bits per heavy atom.